The molecule has 0 bridgehead atoms. The van der Waals surface area contributed by atoms with E-state index in [2.05, 4.69) is 21.2 Å². The summed E-state index contributed by atoms with van der Waals surface area (Å²) in [7, 11) is 1.81. The van der Waals surface area contributed by atoms with Gasteiger partial charge < -0.3 is 4.90 Å². The van der Waals surface area contributed by atoms with Crippen LogP contribution in [0.15, 0.2) is 41.8 Å². The Morgan fingerprint density at radius 2 is 1.61 bits per heavy atom. The molecule has 0 atom stereocenters. The number of rotatable bonds is 7. The molecule has 5 rings (SSSR count). The Kier molecular flexibility index (Phi) is 6.54. The van der Waals surface area contributed by atoms with Crippen LogP contribution in [-0.2, 0) is 24.3 Å². The van der Waals surface area contributed by atoms with Gasteiger partial charge in [0.15, 0.2) is 0 Å². The number of imide groups is 1. The van der Waals surface area contributed by atoms with Crippen molar-refractivity contribution in [3.63, 3.8) is 0 Å². The van der Waals surface area contributed by atoms with Crippen molar-refractivity contribution in [2.24, 2.45) is 0 Å². The van der Waals surface area contributed by atoms with Crippen molar-refractivity contribution >= 4 is 23.3 Å². The second kappa shape index (κ2) is 9.57. The van der Waals surface area contributed by atoms with Crippen LogP contribution in [0.5, 0.6) is 0 Å². The lowest BCUT2D eigenvalue weighted by molar-refractivity contribution is -0.135. The molecular formula is C26H34N4O2S. The average Bonchev–Trinajstić information content (AvgIpc) is 3.55. The predicted octanol–water partition coefficient (Wildman–Crippen LogP) is 3.82. The second-order valence-corrected chi connectivity index (χ2v) is 10.7. The molecule has 7 heteroatoms. The minimum atomic E-state index is -0.666. The first-order valence-electron chi connectivity index (χ1n) is 12.2. The zero-order chi connectivity index (χ0) is 22.8. The van der Waals surface area contributed by atoms with Gasteiger partial charge in [-0.3, -0.25) is 19.5 Å². The average molecular weight is 467 g/mol. The molecule has 3 amide bonds. The summed E-state index contributed by atoms with van der Waals surface area (Å²) in [6.45, 7) is 6.59. The maximum atomic E-state index is 13.4. The zero-order valence-electron chi connectivity index (χ0n) is 19.5. The fraction of sp³-hybridized carbons (Fsp3) is 0.538. The quantitative estimate of drug-likeness (QED) is 0.582. The van der Waals surface area contributed by atoms with Crippen LogP contribution >= 0.6 is 11.3 Å². The third-order valence-electron chi connectivity index (χ3n) is 7.65. The Morgan fingerprint density at radius 3 is 2.33 bits per heavy atom. The number of nitrogens with zero attached hydrogens (tertiary/aromatic N) is 4. The van der Waals surface area contributed by atoms with Crippen LogP contribution in [0.1, 0.15) is 41.7 Å². The van der Waals surface area contributed by atoms with E-state index in [4.69, 9.17) is 0 Å². The highest BCUT2D eigenvalue weighted by Gasteiger charge is 2.56. The molecule has 176 valence electrons. The highest BCUT2D eigenvalue weighted by Crippen LogP contribution is 2.37. The van der Waals surface area contributed by atoms with Gasteiger partial charge in [-0.1, -0.05) is 30.3 Å². The third-order valence-corrected chi connectivity index (χ3v) is 8.62. The molecule has 1 spiro atoms. The van der Waals surface area contributed by atoms with E-state index in [0.29, 0.717) is 25.8 Å². The number of amides is 3. The fourth-order valence-corrected chi connectivity index (χ4v) is 6.49. The Balaban J connectivity index is 1.16. The number of benzene rings is 1. The number of thiophene rings is 1. The molecule has 0 radical (unpaired) electrons. The molecule has 1 aromatic heterocycles. The third kappa shape index (κ3) is 4.59. The lowest BCUT2D eigenvalue weighted by atomic mass is 9.86. The number of likely N-dealkylation sites (N-methyl/N-ethyl adjacent to an activating group) is 1. The summed E-state index contributed by atoms with van der Waals surface area (Å²) in [5.74, 6) is -0.00500. The monoisotopic (exact) mass is 466 g/mol. The molecular weight excluding hydrogens is 432 g/mol. The summed E-state index contributed by atoms with van der Waals surface area (Å²) in [6.07, 6.45) is 4.77. The van der Waals surface area contributed by atoms with E-state index in [1.807, 2.05) is 48.7 Å². The standard InChI is InChI=1S/C26H34N4O2S/c1-27-25(32)30(14-9-21-7-3-2-4-8-21)24(31)26(27)10-15-29(16-11-26)19-23-17-22(20-33-23)18-28-12-5-6-13-28/h2-4,7-8,17,20H,5-6,9-16,18-19H2,1H3. The van der Waals surface area contributed by atoms with E-state index >= 15 is 0 Å². The number of hydrogen-bond donors (Lipinski definition) is 0. The number of likely N-dealkylation sites (tertiary alicyclic amines) is 2. The molecule has 4 heterocycles. The van der Waals surface area contributed by atoms with Crippen LogP contribution in [0.25, 0.3) is 0 Å². The molecule has 2 aromatic rings. The summed E-state index contributed by atoms with van der Waals surface area (Å²) in [6, 6.07) is 12.3. The highest BCUT2D eigenvalue weighted by atomic mass is 32.1. The summed E-state index contributed by atoms with van der Waals surface area (Å²) < 4.78 is 0. The lowest BCUT2D eigenvalue weighted by Gasteiger charge is -2.40. The number of urea groups is 1. The molecule has 1 aromatic carbocycles. The molecule has 3 aliphatic rings. The Hall–Kier alpha value is -2.22. The largest absolute Gasteiger partial charge is 0.327 e. The summed E-state index contributed by atoms with van der Waals surface area (Å²) in [5, 5.41) is 2.30. The van der Waals surface area contributed by atoms with Crippen molar-refractivity contribution in [2.75, 3.05) is 39.8 Å². The predicted molar refractivity (Wildman–Crippen MR) is 131 cm³/mol. The molecule has 0 unspecified atom stereocenters. The fourth-order valence-electron chi connectivity index (χ4n) is 5.57. The van der Waals surface area contributed by atoms with Gasteiger partial charge in [-0.15, -0.1) is 11.3 Å². The molecule has 3 saturated heterocycles. The Labute approximate surface area is 200 Å². The van der Waals surface area contributed by atoms with Gasteiger partial charge in [-0.25, -0.2) is 4.79 Å². The molecule has 6 nitrogen and oxygen atoms in total. The van der Waals surface area contributed by atoms with Gasteiger partial charge in [-0.2, -0.15) is 0 Å². The van der Waals surface area contributed by atoms with Crippen molar-refractivity contribution < 1.29 is 9.59 Å². The van der Waals surface area contributed by atoms with Crippen LogP contribution in [0.3, 0.4) is 0 Å². The van der Waals surface area contributed by atoms with Gasteiger partial charge in [0.1, 0.15) is 5.54 Å². The molecule has 33 heavy (non-hydrogen) atoms. The Morgan fingerprint density at radius 1 is 0.909 bits per heavy atom. The van der Waals surface area contributed by atoms with Gasteiger partial charge in [0.05, 0.1) is 0 Å². The normalized spacial score (nSPS) is 21.6. The van der Waals surface area contributed by atoms with Crippen LogP contribution in [-0.4, -0.2) is 76.8 Å². The minimum absolute atomic E-state index is 0.00500. The van der Waals surface area contributed by atoms with Crippen LogP contribution < -0.4 is 0 Å². The SMILES string of the molecule is CN1C(=O)N(CCc2ccccc2)C(=O)C12CCN(Cc1cc(CN3CCCC3)cs1)CC2. The number of carbonyl (C=O) groups excluding carboxylic acids is 2. The first-order valence-corrected chi connectivity index (χ1v) is 13.1. The molecule has 0 saturated carbocycles. The maximum Gasteiger partial charge on any atom is 0.327 e. The summed E-state index contributed by atoms with van der Waals surface area (Å²) >= 11 is 1.85. The molecule has 0 N–H and O–H groups in total. The van der Waals surface area contributed by atoms with E-state index < -0.39 is 5.54 Å². The maximum absolute atomic E-state index is 13.4. The van der Waals surface area contributed by atoms with E-state index in [-0.39, 0.29) is 11.9 Å². The molecule has 3 fully saturated rings. The molecule has 3 aliphatic heterocycles. The summed E-state index contributed by atoms with van der Waals surface area (Å²) in [5.41, 5.74) is 1.91. The first kappa shape index (κ1) is 22.6. The van der Waals surface area contributed by atoms with Crippen LogP contribution in [0, 0.1) is 0 Å². The van der Waals surface area contributed by atoms with Gasteiger partial charge in [0.2, 0.25) is 0 Å². The lowest BCUT2D eigenvalue weighted by Crippen LogP contribution is -2.55. The topological polar surface area (TPSA) is 47.1 Å². The van der Waals surface area contributed by atoms with Gasteiger partial charge in [0.25, 0.3) is 5.91 Å². The minimum Gasteiger partial charge on any atom is -0.312 e. The number of hydrogen-bond acceptors (Lipinski definition) is 5. The van der Waals surface area contributed by atoms with E-state index in [1.54, 1.807) is 4.90 Å². The van der Waals surface area contributed by atoms with Crippen molar-refractivity contribution in [3.8, 4) is 0 Å². The number of piperidine rings is 1. The molecule has 0 aliphatic carbocycles. The van der Waals surface area contributed by atoms with Crippen molar-refractivity contribution in [1.82, 2.24) is 19.6 Å². The van der Waals surface area contributed by atoms with E-state index in [0.717, 1.165) is 31.7 Å². The van der Waals surface area contributed by atoms with Crippen molar-refractivity contribution in [3.05, 3.63) is 57.8 Å². The smallest absolute Gasteiger partial charge is 0.312 e. The van der Waals surface area contributed by atoms with Crippen molar-refractivity contribution in [1.29, 1.82) is 0 Å². The van der Waals surface area contributed by atoms with E-state index in [9.17, 15) is 9.59 Å². The first-order chi connectivity index (χ1) is 16.0. The van der Waals surface area contributed by atoms with Gasteiger partial charge >= 0.3 is 6.03 Å². The van der Waals surface area contributed by atoms with Gasteiger partial charge in [-0.05, 0) is 67.8 Å². The second-order valence-electron chi connectivity index (χ2n) is 9.75. The number of carbonyl (C=O) groups is 2. The van der Waals surface area contributed by atoms with Crippen molar-refractivity contribution in [2.45, 2.75) is 50.7 Å². The van der Waals surface area contributed by atoms with Crippen LogP contribution in [0.2, 0.25) is 0 Å². The highest BCUT2D eigenvalue weighted by molar-refractivity contribution is 7.10. The summed E-state index contributed by atoms with van der Waals surface area (Å²) in [4.78, 5) is 35.9. The zero-order valence-corrected chi connectivity index (χ0v) is 20.4. The van der Waals surface area contributed by atoms with E-state index in [1.165, 1.54) is 41.3 Å². The van der Waals surface area contributed by atoms with Crippen LogP contribution in [0.4, 0.5) is 4.79 Å². The Bertz CT molecular complexity index is 977. The van der Waals surface area contributed by atoms with Gasteiger partial charge in [0, 0.05) is 44.6 Å².